The second-order valence-electron chi connectivity index (χ2n) is 5.75. The highest BCUT2D eigenvalue weighted by atomic mass is 19.1. The molecule has 2 aliphatic rings. The third-order valence-electron chi connectivity index (χ3n) is 4.23. The van der Waals surface area contributed by atoms with Gasteiger partial charge in [-0.05, 0) is 44.2 Å². The zero-order valence-electron chi connectivity index (χ0n) is 10.6. The number of hydrogen-bond donors (Lipinski definition) is 2. The molecule has 1 aromatic rings. The minimum absolute atomic E-state index is 0.339. The standard InChI is InChI=1S/C14H19FN2O/c1-9-5-10(15)8-16-13(9)14(18)6-11-3-2-4-12(7-14)17-11/h5,8,11-12,17-18H,2-4,6-7H2,1H3. The van der Waals surface area contributed by atoms with Crippen molar-refractivity contribution >= 4 is 0 Å². The fourth-order valence-corrected chi connectivity index (χ4v) is 3.55. The molecule has 3 rings (SSSR count). The first kappa shape index (κ1) is 12.1. The number of aromatic nitrogens is 1. The van der Waals surface area contributed by atoms with Crippen LogP contribution in [0.4, 0.5) is 4.39 Å². The van der Waals surface area contributed by atoms with Crippen LogP contribution in [0.3, 0.4) is 0 Å². The number of pyridine rings is 1. The SMILES string of the molecule is Cc1cc(F)cnc1C1(O)CC2CCCC(C1)N2. The minimum atomic E-state index is -0.890. The van der Waals surface area contributed by atoms with Gasteiger partial charge in [0.05, 0.1) is 11.9 Å². The Hall–Kier alpha value is -1.00. The summed E-state index contributed by atoms with van der Waals surface area (Å²) in [6.07, 6.45) is 6.02. The van der Waals surface area contributed by atoms with Gasteiger partial charge in [0.1, 0.15) is 11.4 Å². The zero-order chi connectivity index (χ0) is 12.8. The number of hydrogen-bond acceptors (Lipinski definition) is 3. The van der Waals surface area contributed by atoms with Gasteiger partial charge in [0, 0.05) is 12.1 Å². The van der Waals surface area contributed by atoms with E-state index < -0.39 is 5.60 Å². The molecule has 0 spiro atoms. The zero-order valence-corrected chi connectivity index (χ0v) is 10.6. The van der Waals surface area contributed by atoms with Gasteiger partial charge in [0.25, 0.3) is 0 Å². The first-order chi connectivity index (χ1) is 8.57. The van der Waals surface area contributed by atoms with E-state index in [-0.39, 0.29) is 5.82 Å². The molecule has 2 unspecified atom stereocenters. The van der Waals surface area contributed by atoms with Gasteiger partial charge in [-0.2, -0.15) is 0 Å². The molecule has 0 aromatic carbocycles. The van der Waals surface area contributed by atoms with E-state index >= 15 is 0 Å². The number of aryl methyl sites for hydroxylation is 1. The Balaban J connectivity index is 1.94. The average molecular weight is 250 g/mol. The van der Waals surface area contributed by atoms with E-state index in [4.69, 9.17) is 0 Å². The summed E-state index contributed by atoms with van der Waals surface area (Å²) in [5.74, 6) is -0.339. The molecule has 2 saturated heterocycles. The van der Waals surface area contributed by atoms with Crippen molar-refractivity contribution in [3.05, 3.63) is 29.3 Å². The summed E-state index contributed by atoms with van der Waals surface area (Å²) in [5, 5.41) is 14.4. The third kappa shape index (κ3) is 2.04. The monoisotopic (exact) mass is 250 g/mol. The second kappa shape index (κ2) is 4.28. The van der Waals surface area contributed by atoms with E-state index in [9.17, 15) is 9.50 Å². The van der Waals surface area contributed by atoms with Crippen molar-refractivity contribution in [3.8, 4) is 0 Å². The Labute approximate surface area is 106 Å². The predicted molar refractivity (Wildman–Crippen MR) is 66.6 cm³/mol. The molecule has 0 aliphatic carbocycles. The molecule has 3 heterocycles. The lowest BCUT2D eigenvalue weighted by Gasteiger charge is -2.45. The fourth-order valence-electron chi connectivity index (χ4n) is 3.55. The van der Waals surface area contributed by atoms with Gasteiger partial charge in [0.2, 0.25) is 0 Å². The van der Waals surface area contributed by atoms with Crippen LogP contribution in [0.5, 0.6) is 0 Å². The number of nitrogens with zero attached hydrogens (tertiary/aromatic N) is 1. The molecule has 18 heavy (non-hydrogen) atoms. The van der Waals surface area contributed by atoms with Crippen molar-refractivity contribution in [3.63, 3.8) is 0 Å². The van der Waals surface area contributed by atoms with Crippen LogP contribution < -0.4 is 5.32 Å². The Morgan fingerprint density at radius 1 is 1.39 bits per heavy atom. The lowest BCUT2D eigenvalue weighted by molar-refractivity contribution is -0.0397. The van der Waals surface area contributed by atoms with E-state index in [1.54, 1.807) is 0 Å². The van der Waals surface area contributed by atoms with Crippen LogP contribution in [0.15, 0.2) is 12.3 Å². The summed E-state index contributed by atoms with van der Waals surface area (Å²) in [6.45, 7) is 1.82. The highest BCUT2D eigenvalue weighted by Gasteiger charge is 2.43. The molecule has 0 saturated carbocycles. The first-order valence-electron chi connectivity index (χ1n) is 6.68. The van der Waals surface area contributed by atoms with Gasteiger partial charge in [-0.3, -0.25) is 4.98 Å². The molecule has 3 nitrogen and oxygen atoms in total. The van der Waals surface area contributed by atoms with Gasteiger partial charge < -0.3 is 10.4 Å². The summed E-state index contributed by atoms with van der Waals surface area (Å²) >= 11 is 0. The normalized spacial score (nSPS) is 35.5. The molecule has 2 aliphatic heterocycles. The number of rotatable bonds is 1. The van der Waals surface area contributed by atoms with Gasteiger partial charge in [0.15, 0.2) is 0 Å². The molecule has 4 heteroatoms. The van der Waals surface area contributed by atoms with E-state index in [0.29, 0.717) is 30.6 Å². The van der Waals surface area contributed by atoms with Gasteiger partial charge in [-0.1, -0.05) is 6.42 Å². The lowest BCUT2D eigenvalue weighted by Crippen LogP contribution is -2.54. The van der Waals surface area contributed by atoms with Gasteiger partial charge >= 0.3 is 0 Å². The summed E-state index contributed by atoms with van der Waals surface area (Å²) in [6, 6.07) is 2.19. The number of nitrogens with one attached hydrogen (secondary N) is 1. The molecule has 98 valence electrons. The third-order valence-corrected chi connectivity index (χ3v) is 4.23. The van der Waals surface area contributed by atoms with Crippen LogP contribution in [0.1, 0.15) is 43.4 Å². The van der Waals surface area contributed by atoms with Crippen LogP contribution in [0.2, 0.25) is 0 Å². The number of halogens is 1. The lowest BCUT2D eigenvalue weighted by atomic mass is 9.75. The summed E-state index contributed by atoms with van der Waals surface area (Å²) in [5.41, 5.74) is 0.512. The van der Waals surface area contributed by atoms with E-state index in [0.717, 1.165) is 18.4 Å². The van der Waals surface area contributed by atoms with E-state index in [1.807, 2.05) is 6.92 Å². The molecule has 2 fully saturated rings. The number of aliphatic hydroxyl groups is 1. The highest BCUT2D eigenvalue weighted by molar-refractivity contribution is 5.26. The molecule has 1 aromatic heterocycles. The summed E-state index contributed by atoms with van der Waals surface area (Å²) in [7, 11) is 0. The van der Waals surface area contributed by atoms with Gasteiger partial charge in [-0.25, -0.2) is 4.39 Å². The van der Waals surface area contributed by atoms with Crippen molar-refractivity contribution in [2.45, 2.75) is 56.7 Å². The molecule has 2 N–H and O–H groups in total. The molecule has 0 amide bonds. The summed E-state index contributed by atoms with van der Waals surface area (Å²) in [4.78, 5) is 4.15. The van der Waals surface area contributed by atoms with Crippen LogP contribution >= 0.6 is 0 Å². The molecule has 2 atom stereocenters. The van der Waals surface area contributed by atoms with Crippen molar-refractivity contribution < 1.29 is 9.50 Å². The first-order valence-corrected chi connectivity index (χ1v) is 6.68. The van der Waals surface area contributed by atoms with E-state index in [1.165, 1.54) is 18.7 Å². The number of piperidine rings is 2. The Morgan fingerprint density at radius 3 is 2.67 bits per heavy atom. The maximum Gasteiger partial charge on any atom is 0.141 e. The molecule has 2 bridgehead atoms. The van der Waals surface area contributed by atoms with E-state index in [2.05, 4.69) is 10.3 Å². The van der Waals surface area contributed by atoms with Crippen LogP contribution in [-0.4, -0.2) is 22.2 Å². The average Bonchev–Trinajstić information content (AvgIpc) is 2.27. The van der Waals surface area contributed by atoms with Crippen molar-refractivity contribution in [1.82, 2.24) is 10.3 Å². The smallest absolute Gasteiger partial charge is 0.141 e. The van der Waals surface area contributed by atoms with Crippen LogP contribution in [0.25, 0.3) is 0 Å². The predicted octanol–water partition coefficient (Wildman–Crippen LogP) is 2.02. The molecular weight excluding hydrogens is 231 g/mol. The largest absolute Gasteiger partial charge is 0.383 e. The maximum absolute atomic E-state index is 13.1. The number of fused-ring (bicyclic) bond motifs is 2. The molecule has 0 radical (unpaired) electrons. The molecular formula is C14H19FN2O. The summed E-state index contributed by atoms with van der Waals surface area (Å²) < 4.78 is 13.1. The van der Waals surface area contributed by atoms with Gasteiger partial charge in [-0.15, -0.1) is 0 Å². The van der Waals surface area contributed by atoms with Crippen LogP contribution in [0, 0.1) is 12.7 Å². The van der Waals surface area contributed by atoms with Crippen LogP contribution in [-0.2, 0) is 5.60 Å². The van der Waals surface area contributed by atoms with Crippen molar-refractivity contribution in [2.75, 3.05) is 0 Å². The Morgan fingerprint density at radius 2 is 2.06 bits per heavy atom. The Kier molecular flexibility index (Phi) is 2.87. The topological polar surface area (TPSA) is 45.2 Å². The Bertz CT molecular complexity index is 451. The second-order valence-corrected chi connectivity index (χ2v) is 5.75. The maximum atomic E-state index is 13.1. The quantitative estimate of drug-likeness (QED) is 0.801. The minimum Gasteiger partial charge on any atom is -0.383 e. The fraction of sp³-hybridized carbons (Fsp3) is 0.643. The van der Waals surface area contributed by atoms with Crippen molar-refractivity contribution in [1.29, 1.82) is 0 Å². The van der Waals surface area contributed by atoms with Crippen molar-refractivity contribution in [2.24, 2.45) is 0 Å². The highest BCUT2D eigenvalue weighted by Crippen LogP contribution is 2.39.